The number of rotatable bonds is 11. The second-order valence-electron chi connectivity index (χ2n) is 15.1. The Hall–Kier alpha value is -2.82. The molecule has 258 valence electrons. The number of halogens is 5. The molecule has 3 N–H and O–H groups in total. The van der Waals surface area contributed by atoms with Crippen molar-refractivity contribution >= 4 is 28.7 Å². The van der Waals surface area contributed by atoms with Crippen molar-refractivity contribution in [1.29, 1.82) is 0 Å². The predicted molar refractivity (Wildman–Crippen MR) is 170 cm³/mol. The zero-order valence-electron chi connectivity index (χ0n) is 28.3. The minimum Gasteiger partial charge on any atom is -0.444 e. The highest BCUT2D eigenvalue weighted by atomic mass is 28.4. The quantitative estimate of drug-likeness (QED) is 0.0565. The SMILES string of the molecule is CC(C)(C)OC(=O)NC(Cc1ccc(CC(C)(C)[Si](C)(C)O)c(CC(C)(C)[Si](C)(C)O)c1)C(=O)Oc1c(F)c(F)c(F)c(F)c1F. The number of hydrogen-bond donors (Lipinski definition) is 3. The molecule has 2 rings (SSSR count). The summed E-state index contributed by atoms with van der Waals surface area (Å²) in [6, 6.07) is 3.58. The molecule has 7 nitrogen and oxygen atoms in total. The molecule has 0 radical (unpaired) electrons. The molecule has 0 aliphatic rings. The molecule has 14 heteroatoms. The monoisotopic (exact) mass is 691 g/mol. The van der Waals surface area contributed by atoms with Crippen molar-refractivity contribution in [3.05, 3.63) is 64.0 Å². The average Bonchev–Trinajstić information content (AvgIpc) is 2.87. The molecule has 1 atom stereocenters. The number of carbonyl (C=O) groups excluding carboxylic acids is 2. The number of esters is 1. The minimum atomic E-state index is -2.71. The van der Waals surface area contributed by atoms with Crippen molar-refractivity contribution in [2.24, 2.45) is 0 Å². The zero-order chi connectivity index (χ0) is 35.8. The normalized spacial score (nSPS) is 13.8. The molecular formula is C32H46F5NO6Si2. The van der Waals surface area contributed by atoms with Gasteiger partial charge in [-0.3, -0.25) is 0 Å². The van der Waals surface area contributed by atoms with Gasteiger partial charge in [-0.05, 0) is 86.6 Å². The Morgan fingerprint density at radius 3 is 1.63 bits per heavy atom. The number of amides is 1. The summed E-state index contributed by atoms with van der Waals surface area (Å²) in [6.07, 6.45) is -0.474. The number of benzene rings is 2. The molecule has 1 amide bonds. The van der Waals surface area contributed by atoms with E-state index in [1.807, 2.05) is 59.9 Å². The Morgan fingerprint density at radius 2 is 1.20 bits per heavy atom. The first-order valence-corrected chi connectivity index (χ1v) is 20.8. The number of hydrogen-bond acceptors (Lipinski definition) is 6. The molecule has 0 spiro atoms. The van der Waals surface area contributed by atoms with Crippen LogP contribution in [0, 0.1) is 29.1 Å². The fourth-order valence-electron chi connectivity index (χ4n) is 4.25. The summed E-state index contributed by atoms with van der Waals surface area (Å²) in [6.45, 7) is 19.9. The third-order valence-electron chi connectivity index (χ3n) is 8.64. The zero-order valence-corrected chi connectivity index (χ0v) is 30.3. The fourth-order valence-corrected chi connectivity index (χ4v) is 5.50. The summed E-state index contributed by atoms with van der Waals surface area (Å²) < 4.78 is 79.9. The summed E-state index contributed by atoms with van der Waals surface area (Å²) in [7, 11) is -5.35. The highest BCUT2D eigenvalue weighted by Gasteiger charge is 2.41. The second-order valence-corrected chi connectivity index (χ2v) is 24.0. The van der Waals surface area contributed by atoms with Crippen LogP contribution < -0.4 is 10.1 Å². The molecule has 46 heavy (non-hydrogen) atoms. The van der Waals surface area contributed by atoms with E-state index < -0.39 is 85.3 Å². The van der Waals surface area contributed by atoms with Gasteiger partial charge in [0.1, 0.15) is 11.6 Å². The average molecular weight is 692 g/mol. The lowest BCUT2D eigenvalue weighted by Gasteiger charge is -2.38. The van der Waals surface area contributed by atoms with Crippen molar-refractivity contribution in [3.8, 4) is 5.75 Å². The third kappa shape index (κ3) is 9.61. The van der Waals surface area contributed by atoms with Crippen LogP contribution in [-0.4, -0.2) is 49.9 Å². The maximum atomic E-state index is 14.4. The Morgan fingerprint density at radius 1 is 0.761 bits per heavy atom. The fraction of sp³-hybridized carbons (Fsp3) is 0.562. The smallest absolute Gasteiger partial charge is 0.408 e. The number of nitrogens with one attached hydrogen (secondary N) is 1. The highest BCUT2D eigenvalue weighted by Crippen LogP contribution is 2.43. The van der Waals surface area contributed by atoms with Gasteiger partial charge in [-0.25, -0.2) is 22.8 Å². The summed E-state index contributed by atoms with van der Waals surface area (Å²) in [5.74, 6) is -15.0. The number of alkyl carbamates (subject to hydrolysis) is 1. The van der Waals surface area contributed by atoms with Gasteiger partial charge < -0.3 is 24.4 Å². The van der Waals surface area contributed by atoms with Crippen LogP contribution in [0.3, 0.4) is 0 Å². The van der Waals surface area contributed by atoms with E-state index >= 15 is 0 Å². The summed E-state index contributed by atoms with van der Waals surface area (Å²) in [5.41, 5.74) is 1.17. The van der Waals surface area contributed by atoms with Gasteiger partial charge in [0.15, 0.2) is 16.6 Å². The van der Waals surface area contributed by atoms with Crippen LogP contribution in [0.25, 0.3) is 0 Å². The van der Waals surface area contributed by atoms with Crippen molar-refractivity contribution in [2.45, 2.75) is 116 Å². The lowest BCUT2D eigenvalue weighted by molar-refractivity contribution is -0.137. The van der Waals surface area contributed by atoms with Crippen molar-refractivity contribution in [2.75, 3.05) is 0 Å². The van der Waals surface area contributed by atoms with Crippen molar-refractivity contribution in [3.63, 3.8) is 0 Å². The van der Waals surface area contributed by atoms with E-state index in [0.717, 1.165) is 11.1 Å². The highest BCUT2D eigenvalue weighted by molar-refractivity contribution is 6.73. The van der Waals surface area contributed by atoms with Crippen LogP contribution in [-0.2, 0) is 28.8 Å². The van der Waals surface area contributed by atoms with Gasteiger partial charge in [0.25, 0.3) is 0 Å². The largest absolute Gasteiger partial charge is 0.444 e. The minimum absolute atomic E-state index is 0.315. The standard InChI is InChI=1S/C32H46F5NO6Si2/c1-30(2,3)44-29(40)38-21(28(39)43-27-25(36)23(34)22(33)24(35)26(27)37)15-18-12-13-19(16-31(4,5)45(8,9)41)20(14-18)17-32(6,7)46(10,11)42/h12-14,21,41-42H,15-17H2,1-11H3,(H,38,40). The van der Waals surface area contributed by atoms with Gasteiger partial charge in [0.05, 0.1) is 0 Å². The first-order valence-electron chi connectivity index (χ1n) is 14.9. The predicted octanol–water partition coefficient (Wildman–Crippen LogP) is 7.46. The Bertz CT molecular complexity index is 1430. The molecule has 2 aromatic carbocycles. The molecule has 0 fully saturated rings. The van der Waals surface area contributed by atoms with E-state index in [9.17, 15) is 41.1 Å². The Kier molecular flexibility index (Phi) is 11.8. The van der Waals surface area contributed by atoms with Gasteiger partial charge >= 0.3 is 12.1 Å². The second kappa shape index (κ2) is 13.7. The van der Waals surface area contributed by atoms with Gasteiger partial charge in [-0.15, -0.1) is 0 Å². The molecule has 0 aliphatic carbocycles. The van der Waals surface area contributed by atoms with Crippen LogP contribution in [0.1, 0.15) is 65.2 Å². The number of carbonyl (C=O) groups is 2. The molecule has 2 aromatic rings. The summed E-state index contributed by atoms with van der Waals surface area (Å²) >= 11 is 0. The van der Waals surface area contributed by atoms with E-state index in [-0.39, 0.29) is 6.42 Å². The molecule has 0 aromatic heterocycles. The van der Waals surface area contributed by atoms with Gasteiger partial charge in [-0.1, -0.05) is 45.9 Å². The lowest BCUT2D eigenvalue weighted by Crippen LogP contribution is -2.46. The topological polar surface area (TPSA) is 105 Å². The molecular weight excluding hydrogens is 646 g/mol. The lowest BCUT2D eigenvalue weighted by atomic mass is 9.89. The van der Waals surface area contributed by atoms with E-state index in [0.29, 0.717) is 18.4 Å². The Balaban J connectivity index is 2.62. The first-order chi connectivity index (χ1) is 20.6. The third-order valence-corrected chi connectivity index (χ3v) is 15.6. The molecule has 0 heterocycles. The van der Waals surface area contributed by atoms with E-state index in [1.165, 1.54) is 0 Å². The van der Waals surface area contributed by atoms with Gasteiger partial charge in [-0.2, -0.15) is 8.78 Å². The van der Waals surface area contributed by atoms with E-state index in [1.54, 1.807) is 32.9 Å². The van der Waals surface area contributed by atoms with Crippen LogP contribution in [0.5, 0.6) is 5.75 Å². The molecule has 0 aliphatic heterocycles. The molecule has 0 saturated carbocycles. The van der Waals surface area contributed by atoms with E-state index in [4.69, 9.17) is 4.74 Å². The first kappa shape index (κ1) is 39.4. The van der Waals surface area contributed by atoms with Crippen LogP contribution in [0.4, 0.5) is 26.7 Å². The maximum absolute atomic E-state index is 14.4. The van der Waals surface area contributed by atoms with Crippen molar-refractivity contribution < 1.29 is 50.6 Å². The summed E-state index contributed by atoms with van der Waals surface area (Å²) in [5, 5.41) is 1.32. The van der Waals surface area contributed by atoms with Crippen molar-refractivity contribution in [1.82, 2.24) is 5.32 Å². The van der Waals surface area contributed by atoms with Crippen LogP contribution in [0.2, 0.25) is 36.3 Å². The van der Waals surface area contributed by atoms with Crippen LogP contribution in [0.15, 0.2) is 18.2 Å². The molecule has 0 bridgehead atoms. The van der Waals surface area contributed by atoms with E-state index in [2.05, 4.69) is 10.1 Å². The molecule has 1 unspecified atom stereocenters. The maximum Gasteiger partial charge on any atom is 0.408 e. The van der Waals surface area contributed by atoms with Gasteiger partial charge in [0, 0.05) is 6.42 Å². The van der Waals surface area contributed by atoms with Gasteiger partial charge in [0.2, 0.25) is 34.8 Å². The number of ether oxygens (including phenoxy) is 2. The van der Waals surface area contributed by atoms with Crippen LogP contribution >= 0.6 is 0 Å². The summed E-state index contributed by atoms with van der Waals surface area (Å²) in [4.78, 5) is 47.9. The molecule has 0 saturated heterocycles. The Labute approximate surface area is 269 Å².